The van der Waals surface area contributed by atoms with Crippen LogP contribution in [0.1, 0.15) is 20.8 Å². The van der Waals surface area contributed by atoms with Crippen LogP contribution in [-0.4, -0.2) is 29.8 Å². The summed E-state index contributed by atoms with van der Waals surface area (Å²) in [6.45, 7) is 5.31. The second-order valence-electron chi connectivity index (χ2n) is 2.90. The quantitative estimate of drug-likeness (QED) is 0.207. The predicted octanol–water partition coefficient (Wildman–Crippen LogP) is -3.53. The van der Waals surface area contributed by atoms with Crippen molar-refractivity contribution >= 4 is 10.1 Å². The predicted molar refractivity (Wildman–Crippen MR) is 39.9 cm³/mol. The van der Waals surface area contributed by atoms with Crippen molar-refractivity contribution in [3.05, 3.63) is 0 Å². The topological polar surface area (TPSA) is 107 Å². The van der Waals surface area contributed by atoms with E-state index in [1.165, 1.54) is 0 Å². The first kappa shape index (κ1) is 19.4. The van der Waals surface area contributed by atoms with E-state index in [9.17, 15) is 8.42 Å². The molecule has 0 atom stereocenters. The van der Waals surface area contributed by atoms with Crippen molar-refractivity contribution in [2.45, 2.75) is 26.4 Å². The summed E-state index contributed by atoms with van der Waals surface area (Å²) in [6, 6.07) is 0. The van der Waals surface area contributed by atoms with E-state index in [-0.39, 0.29) is 29.6 Å². The SMILES string of the molecule is CC(C)(C)OO.O=S(=O)(O)C[O-].[Na+]. The summed E-state index contributed by atoms with van der Waals surface area (Å²) in [7, 11) is -4.22. The second-order valence-corrected chi connectivity index (χ2v) is 4.30. The van der Waals surface area contributed by atoms with E-state index in [2.05, 4.69) is 4.89 Å². The maximum atomic E-state index is 9.24. The van der Waals surface area contributed by atoms with Crippen LogP contribution in [0, 0.1) is 0 Å². The Balaban J connectivity index is -0.000000143. The van der Waals surface area contributed by atoms with Gasteiger partial charge in [-0.3, -0.25) is 9.81 Å². The smallest absolute Gasteiger partial charge is 0.841 e. The molecule has 0 radical (unpaired) electrons. The van der Waals surface area contributed by atoms with Crippen molar-refractivity contribution in [1.82, 2.24) is 0 Å². The van der Waals surface area contributed by atoms with Crippen LogP contribution in [0.5, 0.6) is 0 Å². The van der Waals surface area contributed by atoms with E-state index in [1.54, 1.807) is 20.8 Å². The van der Waals surface area contributed by atoms with Gasteiger partial charge in [0.2, 0.25) is 10.1 Å². The molecule has 8 heteroatoms. The summed E-state index contributed by atoms with van der Waals surface area (Å²) in [5.74, 6) is -1.45. The van der Waals surface area contributed by atoms with Crippen molar-refractivity contribution in [3.8, 4) is 0 Å². The van der Waals surface area contributed by atoms with Crippen LogP contribution in [0.25, 0.3) is 0 Å². The van der Waals surface area contributed by atoms with Gasteiger partial charge in [-0.25, -0.2) is 13.3 Å². The van der Waals surface area contributed by atoms with Crippen LogP contribution in [0.2, 0.25) is 0 Å². The molecule has 2 N–H and O–H groups in total. The molecule has 0 fully saturated rings. The van der Waals surface area contributed by atoms with E-state index in [4.69, 9.17) is 14.9 Å². The van der Waals surface area contributed by atoms with Gasteiger partial charge in [-0.2, -0.15) is 0 Å². The first-order valence-corrected chi connectivity index (χ1v) is 4.59. The molecule has 0 saturated heterocycles. The Morgan fingerprint density at radius 3 is 1.54 bits per heavy atom. The van der Waals surface area contributed by atoms with Crippen molar-refractivity contribution in [3.63, 3.8) is 0 Å². The molecule has 0 aliphatic heterocycles. The third-order valence-corrected chi connectivity index (χ3v) is 0.721. The Bertz CT molecular complexity index is 194. The van der Waals surface area contributed by atoms with E-state index < -0.39 is 21.7 Å². The standard InChI is InChI=1S/C4H10O2.CH3O4S.Na/c1-4(2,3)6-5;2-1-6(3,4)5;/h5H,1-3H3;1H2,(H,3,4,5);/q;-1;+1. The molecular weight excluding hydrogens is 211 g/mol. The fraction of sp³-hybridized carbons (Fsp3) is 1.00. The van der Waals surface area contributed by atoms with Gasteiger partial charge in [-0.15, -0.1) is 0 Å². The van der Waals surface area contributed by atoms with Gasteiger partial charge in [-0.05, 0) is 26.7 Å². The molecule has 0 spiro atoms. The summed E-state index contributed by atoms with van der Waals surface area (Å²) in [5, 5.41) is 17.0. The van der Waals surface area contributed by atoms with E-state index in [0.717, 1.165) is 0 Å². The molecule has 0 rings (SSSR count). The monoisotopic (exact) mass is 224 g/mol. The minimum atomic E-state index is -4.22. The number of hydrogen-bond acceptors (Lipinski definition) is 5. The Kier molecular flexibility index (Phi) is 12.1. The number of rotatable bonds is 1. The van der Waals surface area contributed by atoms with Crippen LogP contribution in [0.15, 0.2) is 0 Å². The van der Waals surface area contributed by atoms with Gasteiger partial charge in [-0.1, -0.05) is 0 Å². The van der Waals surface area contributed by atoms with Crippen LogP contribution in [-0.2, 0) is 15.0 Å². The molecule has 0 bridgehead atoms. The molecule has 6 nitrogen and oxygen atoms in total. The first-order chi connectivity index (χ1) is 5.12. The minimum absolute atomic E-state index is 0. The van der Waals surface area contributed by atoms with E-state index in [0.29, 0.717) is 0 Å². The number of hydrogen-bond donors (Lipinski definition) is 2. The summed E-state index contributed by atoms with van der Waals surface area (Å²) >= 11 is 0. The average Bonchev–Trinajstić information content (AvgIpc) is 1.86. The van der Waals surface area contributed by atoms with Gasteiger partial charge in [0.25, 0.3) is 0 Å². The van der Waals surface area contributed by atoms with Gasteiger partial charge in [0.05, 0.1) is 5.60 Å². The molecule has 0 aromatic rings. The molecule has 0 aliphatic carbocycles. The molecular formula is C5H13NaO6S. The zero-order chi connectivity index (χ0) is 10.4. The Hall–Kier alpha value is 0.790. The van der Waals surface area contributed by atoms with Gasteiger partial charge in [0.1, 0.15) is 0 Å². The van der Waals surface area contributed by atoms with Gasteiger partial charge in [0.15, 0.2) is 0 Å². The zero-order valence-electron chi connectivity index (χ0n) is 8.14. The molecule has 0 saturated carbocycles. The van der Waals surface area contributed by atoms with Crippen LogP contribution in [0.4, 0.5) is 0 Å². The molecule has 0 aromatic carbocycles. The van der Waals surface area contributed by atoms with Crippen molar-refractivity contribution in [2.75, 3.05) is 5.94 Å². The van der Waals surface area contributed by atoms with Gasteiger partial charge in [0, 0.05) is 0 Å². The Labute approximate surface area is 99.9 Å². The van der Waals surface area contributed by atoms with Crippen LogP contribution >= 0.6 is 0 Å². The van der Waals surface area contributed by atoms with Gasteiger partial charge < -0.3 is 5.11 Å². The minimum Gasteiger partial charge on any atom is -0.841 e. The summed E-state index contributed by atoms with van der Waals surface area (Å²) < 4.78 is 26.0. The summed E-state index contributed by atoms with van der Waals surface area (Å²) in [5.41, 5.74) is -0.403. The summed E-state index contributed by atoms with van der Waals surface area (Å²) in [4.78, 5) is 3.94. The molecule has 13 heavy (non-hydrogen) atoms. The fourth-order valence-electron chi connectivity index (χ4n) is 0. The zero-order valence-corrected chi connectivity index (χ0v) is 11.0. The first-order valence-electron chi connectivity index (χ1n) is 2.98. The van der Waals surface area contributed by atoms with Crippen LogP contribution < -0.4 is 34.7 Å². The van der Waals surface area contributed by atoms with E-state index in [1.807, 2.05) is 0 Å². The van der Waals surface area contributed by atoms with Crippen molar-refractivity contribution in [2.24, 2.45) is 0 Å². The molecule has 0 amide bonds. The maximum Gasteiger partial charge on any atom is 1.00 e. The summed E-state index contributed by atoms with van der Waals surface area (Å²) in [6.07, 6.45) is 0. The van der Waals surface area contributed by atoms with Crippen molar-refractivity contribution in [1.29, 1.82) is 0 Å². The molecule has 0 aromatic heterocycles. The second kappa shape index (κ2) is 8.13. The molecule has 0 aliphatic rings. The largest absolute Gasteiger partial charge is 1.00 e. The molecule has 0 heterocycles. The average molecular weight is 224 g/mol. The maximum absolute atomic E-state index is 9.24. The fourth-order valence-corrected chi connectivity index (χ4v) is 0. The van der Waals surface area contributed by atoms with E-state index >= 15 is 0 Å². The van der Waals surface area contributed by atoms with Crippen LogP contribution in [0.3, 0.4) is 0 Å². The molecule has 0 unspecified atom stereocenters. The van der Waals surface area contributed by atoms with Crippen molar-refractivity contribution < 1.29 is 57.8 Å². The van der Waals surface area contributed by atoms with Gasteiger partial charge >= 0.3 is 29.6 Å². The third-order valence-electron chi connectivity index (χ3n) is 0.423. The molecule has 76 valence electrons. The normalized spacial score (nSPS) is 10.9. The Morgan fingerprint density at radius 2 is 1.54 bits per heavy atom. The Morgan fingerprint density at radius 1 is 1.38 bits per heavy atom. The third kappa shape index (κ3) is 32.3.